The summed E-state index contributed by atoms with van der Waals surface area (Å²) < 4.78 is 6.60. The van der Waals surface area contributed by atoms with Crippen LogP contribution in [0.15, 0.2) is 78.9 Å². The van der Waals surface area contributed by atoms with Gasteiger partial charge >= 0.3 is 12.1 Å². The van der Waals surface area contributed by atoms with Crippen LogP contribution in [0.4, 0.5) is 4.79 Å². The highest BCUT2D eigenvalue weighted by Crippen LogP contribution is 2.44. The summed E-state index contributed by atoms with van der Waals surface area (Å²) in [6.07, 6.45) is -0.515. The minimum Gasteiger partial charge on any atom is -0.480 e. The van der Waals surface area contributed by atoms with E-state index in [1.807, 2.05) is 66.7 Å². The Morgan fingerprint density at radius 3 is 2.22 bits per heavy atom. The van der Waals surface area contributed by atoms with Gasteiger partial charge in [-0.1, -0.05) is 66.7 Å². The molecule has 0 saturated heterocycles. The molecular weight excluding hydrogens is 422 g/mol. The number of amides is 1. The van der Waals surface area contributed by atoms with E-state index in [0.717, 1.165) is 37.2 Å². The molecule has 2 N–H and O–H groups in total. The number of ether oxygens (including phenoxy) is 1. The zero-order chi connectivity index (χ0) is 22.1. The lowest BCUT2D eigenvalue weighted by molar-refractivity contribution is -0.139. The third-order valence-electron chi connectivity index (χ3n) is 5.82. The molecule has 0 spiro atoms. The first-order valence-electron chi connectivity index (χ1n) is 10.4. The number of carbonyl (C=O) groups is 2. The van der Waals surface area contributed by atoms with Gasteiger partial charge in [0.25, 0.3) is 0 Å². The maximum Gasteiger partial charge on any atom is 0.407 e. The van der Waals surface area contributed by atoms with Crippen LogP contribution < -0.4 is 5.32 Å². The Balaban J connectivity index is 1.27. The van der Waals surface area contributed by atoms with Gasteiger partial charge in [-0.2, -0.15) is 0 Å². The van der Waals surface area contributed by atoms with E-state index in [1.54, 1.807) is 0 Å². The second-order valence-corrected chi connectivity index (χ2v) is 8.98. The van der Waals surface area contributed by atoms with Gasteiger partial charge < -0.3 is 15.2 Å². The zero-order valence-corrected chi connectivity index (χ0v) is 18.0. The van der Waals surface area contributed by atoms with Gasteiger partial charge in [-0.15, -0.1) is 11.3 Å². The summed E-state index contributed by atoms with van der Waals surface area (Å²) in [6, 6.07) is 25.0. The van der Waals surface area contributed by atoms with E-state index in [2.05, 4.69) is 17.4 Å². The maximum atomic E-state index is 12.5. The van der Waals surface area contributed by atoms with Crippen molar-refractivity contribution in [3.63, 3.8) is 0 Å². The Bertz CT molecular complexity index is 1230. The van der Waals surface area contributed by atoms with Gasteiger partial charge in [-0.05, 0) is 39.8 Å². The Morgan fingerprint density at radius 2 is 1.56 bits per heavy atom. The fourth-order valence-corrected chi connectivity index (χ4v) is 5.43. The van der Waals surface area contributed by atoms with Gasteiger partial charge in [0.1, 0.15) is 12.6 Å². The predicted molar refractivity (Wildman–Crippen MR) is 125 cm³/mol. The standard InChI is InChI=1S/C26H21NO4S/c28-25(29)23(14-17-13-16-7-1-6-12-24(16)32-17)27-26(30)31-15-22-20-10-4-2-8-18(20)19-9-3-5-11-21(19)22/h1-13,22-23H,14-15H2,(H,27,30)(H,28,29). The molecule has 160 valence electrons. The lowest BCUT2D eigenvalue weighted by atomic mass is 9.98. The van der Waals surface area contributed by atoms with Crippen LogP contribution in [0.2, 0.25) is 0 Å². The summed E-state index contributed by atoms with van der Waals surface area (Å²) in [5, 5.41) is 13.2. The highest BCUT2D eigenvalue weighted by Gasteiger charge is 2.30. The number of hydrogen-bond acceptors (Lipinski definition) is 4. The summed E-state index contributed by atoms with van der Waals surface area (Å²) in [4.78, 5) is 25.2. The number of aliphatic carboxylic acids is 1. The van der Waals surface area contributed by atoms with E-state index in [9.17, 15) is 14.7 Å². The predicted octanol–water partition coefficient (Wildman–Crippen LogP) is 5.44. The summed E-state index contributed by atoms with van der Waals surface area (Å²) in [7, 11) is 0. The van der Waals surface area contributed by atoms with Crippen molar-refractivity contribution < 1.29 is 19.4 Å². The van der Waals surface area contributed by atoms with E-state index in [1.165, 1.54) is 11.3 Å². The molecule has 0 fully saturated rings. The van der Waals surface area contributed by atoms with Crippen LogP contribution in [0.3, 0.4) is 0 Å². The smallest absolute Gasteiger partial charge is 0.407 e. The number of carboxylic acids is 1. The largest absolute Gasteiger partial charge is 0.480 e. The first-order valence-corrected chi connectivity index (χ1v) is 11.2. The number of carboxylic acid groups (broad SMARTS) is 1. The van der Waals surface area contributed by atoms with Crippen molar-refractivity contribution in [2.24, 2.45) is 0 Å². The molecule has 32 heavy (non-hydrogen) atoms. The third-order valence-corrected chi connectivity index (χ3v) is 6.95. The monoisotopic (exact) mass is 443 g/mol. The van der Waals surface area contributed by atoms with E-state index in [0.29, 0.717) is 0 Å². The Morgan fingerprint density at radius 1 is 0.938 bits per heavy atom. The van der Waals surface area contributed by atoms with Gasteiger partial charge in [-0.25, -0.2) is 9.59 Å². The van der Waals surface area contributed by atoms with Gasteiger partial charge in [0.05, 0.1) is 0 Å². The number of benzene rings is 3. The van der Waals surface area contributed by atoms with Gasteiger partial charge in [0, 0.05) is 21.9 Å². The number of fused-ring (bicyclic) bond motifs is 4. The van der Waals surface area contributed by atoms with Crippen LogP contribution >= 0.6 is 11.3 Å². The van der Waals surface area contributed by atoms with E-state index in [-0.39, 0.29) is 18.9 Å². The zero-order valence-electron chi connectivity index (χ0n) is 17.2. The molecule has 0 aliphatic heterocycles. The number of nitrogens with one attached hydrogen (secondary N) is 1. The summed E-state index contributed by atoms with van der Waals surface area (Å²) in [5.41, 5.74) is 4.51. The third kappa shape index (κ3) is 3.85. The fourth-order valence-electron chi connectivity index (χ4n) is 4.32. The van der Waals surface area contributed by atoms with Crippen LogP contribution in [-0.4, -0.2) is 29.8 Å². The average Bonchev–Trinajstić information content (AvgIpc) is 3.35. The van der Waals surface area contributed by atoms with Crippen molar-refractivity contribution in [2.75, 3.05) is 6.61 Å². The topological polar surface area (TPSA) is 75.6 Å². The molecule has 1 atom stereocenters. The Hall–Kier alpha value is -3.64. The van der Waals surface area contributed by atoms with Crippen molar-refractivity contribution in [3.05, 3.63) is 94.9 Å². The van der Waals surface area contributed by atoms with Gasteiger partial charge in [0.2, 0.25) is 0 Å². The molecule has 5 rings (SSSR count). The van der Waals surface area contributed by atoms with Gasteiger partial charge in [0.15, 0.2) is 0 Å². The molecule has 0 saturated carbocycles. The average molecular weight is 444 g/mol. The van der Waals surface area contributed by atoms with Crippen LogP contribution in [0.25, 0.3) is 21.2 Å². The van der Waals surface area contributed by atoms with Gasteiger partial charge in [-0.3, -0.25) is 0 Å². The molecule has 5 nitrogen and oxygen atoms in total. The SMILES string of the molecule is O=C(NC(Cc1cc2ccccc2s1)C(=O)O)OCC1c2ccccc2-c2ccccc21. The number of rotatable bonds is 6. The maximum absolute atomic E-state index is 12.5. The number of thiophene rings is 1. The van der Waals surface area contributed by atoms with Crippen molar-refractivity contribution in [2.45, 2.75) is 18.4 Å². The Kier molecular flexibility index (Phi) is 5.37. The van der Waals surface area contributed by atoms with Crippen LogP contribution in [0.5, 0.6) is 0 Å². The van der Waals surface area contributed by atoms with Crippen LogP contribution in [0, 0.1) is 0 Å². The second kappa shape index (κ2) is 8.48. The molecule has 1 heterocycles. The lowest BCUT2D eigenvalue weighted by Crippen LogP contribution is -2.42. The first kappa shape index (κ1) is 20.3. The molecular formula is C26H21NO4S. The molecule has 1 unspecified atom stereocenters. The quantitative estimate of drug-likeness (QED) is 0.416. The number of carbonyl (C=O) groups excluding carboxylic acids is 1. The molecule has 1 aliphatic rings. The lowest BCUT2D eigenvalue weighted by Gasteiger charge is -2.17. The second-order valence-electron chi connectivity index (χ2n) is 7.82. The summed E-state index contributed by atoms with van der Waals surface area (Å²) in [5.74, 6) is -1.16. The minimum atomic E-state index is -1.09. The highest BCUT2D eigenvalue weighted by atomic mass is 32.1. The molecule has 0 radical (unpaired) electrons. The molecule has 4 aromatic rings. The molecule has 3 aromatic carbocycles. The van der Waals surface area contributed by atoms with E-state index < -0.39 is 18.1 Å². The van der Waals surface area contributed by atoms with E-state index >= 15 is 0 Å². The molecule has 0 bridgehead atoms. The molecule has 6 heteroatoms. The molecule has 1 aromatic heterocycles. The van der Waals surface area contributed by atoms with Crippen molar-refractivity contribution in [3.8, 4) is 11.1 Å². The molecule has 1 amide bonds. The highest BCUT2D eigenvalue weighted by molar-refractivity contribution is 7.19. The number of hydrogen-bond donors (Lipinski definition) is 2. The van der Waals surface area contributed by atoms with Crippen molar-refractivity contribution in [1.29, 1.82) is 0 Å². The van der Waals surface area contributed by atoms with Crippen molar-refractivity contribution >= 4 is 33.5 Å². The van der Waals surface area contributed by atoms with E-state index in [4.69, 9.17) is 4.74 Å². The molecule has 1 aliphatic carbocycles. The minimum absolute atomic E-state index is 0.0703. The number of alkyl carbamates (subject to hydrolysis) is 1. The normalized spacial score (nSPS) is 13.4. The Labute approximate surface area is 189 Å². The first-order chi connectivity index (χ1) is 15.6. The van der Waals surface area contributed by atoms with Crippen LogP contribution in [-0.2, 0) is 16.0 Å². The summed E-state index contributed by atoms with van der Waals surface area (Å²) in [6.45, 7) is 0.148. The van der Waals surface area contributed by atoms with Crippen molar-refractivity contribution in [1.82, 2.24) is 5.32 Å². The fraction of sp³-hybridized carbons (Fsp3) is 0.154. The van der Waals surface area contributed by atoms with Crippen LogP contribution in [0.1, 0.15) is 21.9 Å². The summed E-state index contributed by atoms with van der Waals surface area (Å²) >= 11 is 1.53.